The van der Waals surface area contributed by atoms with E-state index < -0.39 is 0 Å². The number of anilines is 2. The van der Waals surface area contributed by atoms with Crippen molar-refractivity contribution in [2.24, 2.45) is 0 Å². The minimum absolute atomic E-state index is 0.309. The molecule has 0 bridgehead atoms. The Labute approximate surface area is 276 Å². The molecule has 0 heterocycles. The van der Waals surface area contributed by atoms with E-state index in [0.717, 1.165) is 61.5 Å². The third-order valence-electron chi connectivity index (χ3n) is 8.09. The highest BCUT2D eigenvalue weighted by Gasteiger charge is 2.14. The number of rotatable bonds is 9. The van der Waals surface area contributed by atoms with Gasteiger partial charge < -0.3 is 4.90 Å². The highest BCUT2D eigenvalue weighted by molar-refractivity contribution is 5.85. The van der Waals surface area contributed by atoms with Crippen molar-refractivity contribution in [2.45, 2.75) is 13.8 Å². The summed E-state index contributed by atoms with van der Waals surface area (Å²) in [4.78, 5) is 2.14. The number of benzene rings is 6. The Balaban J connectivity index is 1.41. The van der Waals surface area contributed by atoms with Crippen LogP contribution in [0.15, 0.2) is 170 Å². The number of allylic oxidation sites excluding steroid dienone is 2. The first-order chi connectivity index (χ1) is 22.9. The summed E-state index contributed by atoms with van der Waals surface area (Å²) in [6.07, 6.45) is 8.46. The second-order valence-corrected chi connectivity index (χ2v) is 11.5. The maximum Gasteiger partial charge on any atom is 0.123 e. The number of halogens is 2. The summed E-state index contributed by atoms with van der Waals surface area (Å²) in [7, 11) is 0. The highest BCUT2D eigenvalue weighted by Crippen LogP contribution is 2.33. The molecular weight excluding hydrogens is 580 g/mol. The molecule has 0 atom stereocenters. The predicted molar refractivity (Wildman–Crippen MR) is 193 cm³/mol. The average molecular weight is 616 g/mol. The van der Waals surface area contributed by atoms with E-state index in [2.05, 4.69) is 122 Å². The van der Waals surface area contributed by atoms with Crippen molar-refractivity contribution in [3.05, 3.63) is 221 Å². The largest absolute Gasteiger partial charge is 0.317 e. The maximum atomic E-state index is 13.9. The van der Waals surface area contributed by atoms with Gasteiger partial charge in [0.15, 0.2) is 0 Å². The van der Waals surface area contributed by atoms with Gasteiger partial charge in [0.25, 0.3) is 0 Å². The third kappa shape index (κ3) is 7.71. The Morgan fingerprint density at radius 2 is 1.04 bits per heavy atom. The smallest absolute Gasteiger partial charge is 0.123 e. The standard InChI is InChI=1S/C44H35F2N/c1-32-11-9-17-41(29-32)47(31-44(37-19-24-39(45)25-20-37)38-21-26-40(46)27-22-38)42-28-23-34(33(2)30-42)16-10-18-43(35-12-5-3-6-13-35)36-14-7-4-8-15-36/h3-31H,1-2H3/b16-10+. The summed E-state index contributed by atoms with van der Waals surface area (Å²) >= 11 is 0. The minimum atomic E-state index is -0.309. The summed E-state index contributed by atoms with van der Waals surface area (Å²) in [6.45, 7) is 4.18. The average Bonchev–Trinajstić information content (AvgIpc) is 3.10. The molecule has 0 aromatic heterocycles. The summed E-state index contributed by atoms with van der Waals surface area (Å²) < 4.78 is 27.9. The first-order valence-corrected chi connectivity index (χ1v) is 15.6. The second-order valence-electron chi connectivity index (χ2n) is 11.5. The van der Waals surface area contributed by atoms with Gasteiger partial charge in [-0.25, -0.2) is 8.78 Å². The molecule has 1 nitrogen and oxygen atoms in total. The van der Waals surface area contributed by atoms with Crippen LogP contribution in [0.4, 0.5) is 20.2 Å². The summed E-state index contributed by atoms with van der Waals surface area (Å²) in [5, 5.41) is 0. The van der Waals surface area contributed by atoms with Crippen molar-refractivity contribution in [3.63, 3.8) is 0 Å². The van der Waals surface area contributed by atoms with Gasteiger partial charge in [-0.3, -0.25) is 0 Å². The van der Waals surface area contributed by atoms with Gasteiger partial charge in [-0.2, -0.15) is 0 Å². The van der Waals surface area contributed by atoms with Crippen LogP contribution in [-0.2, 0) is 0 Å². The minimum Gasteiger partial charge on any atom is -0.317 e. The Kier molecular flexibility index (Phi) is 9.64. The molecule has 0 aliphatic rings. The lowest BCUT2D eigenvalue weighted by molar-refractivity contribution is 0.627. The predicted octanol–water partition coefficient (Wildman–Crippen LogP) is 12.0. The molecule has 0 aliphatic heterocycles. The Bertz CT molecular complexity index is 1950. The summed E-state index contributed by atoms with van der Waals surface area (Å²) in [5.41, 5.74) is 11.3. The van der Waals surface area contributed by atoms with E-state index in [4.69, 9.17) is 0 Å². The number of aryl methyl sites for hydroxylation is 2. The van der Waals surface area contributed by atoms with Crippen molar-refractivity contribution in [1.82, 2.24) is 0 Å². The number of hydrogen-bond acceptors (Lipinski definition) is 1. The molecule has 6 rings (SSSR count). The molecule has 0 spiro atoms. The fourth-order valence-electron chi connectivity index (χ4n) is 5.62. The normalized spacial score (nSPS) is 10.9. The lowest BCUT2D eigenvalue weighted by Crippen LogP contribution is -2.11. The van der Waals surface area contributed by atoms with E-state index >= 15 is 0 Å². The van der Waals surface area contributed by atoms with Gasteiger partial charge in [0, 0.05) is 23.1 Å². The van der Waals surface area contributed by atoms with E-state index in [9.17, 15) is 8.78 Å². The van der Waals surface area contributed by atoms with E-state index in [1.165, 1.54) is 24.3 Å². The van der Waals surface area contributed by atoms with Crippen LogP contribution < -0.4 is 4.90 Å². The molecule has 47 heavy (non-hydrogen) atoms. The first kappa shape index (κ1) is 31.2. The highest BCUT2D eigenvalue weighted by atomic mass is 19.1. The third-order valence-corrected chi connectivity index (χ3v) is 8.09. The van der Waals surface area contributed by atoms with Crippen LogP contribution in [0.3, 0.4) is 0 Å². The molecule has 0 saturated carbocycles. The van der Waals surface area contributed by atoms with Gasteiger partial charge in [-0.15, -0.1) is 0 Å². The maximum absolute atomic E-state index is 13.9. The van der Waals surface area contributed by atoms with E-state index in [-0.39, 0.29) is 11.6 Å². The van der Waals surface area contributed by atoms with Crippen LogP contribution in [0.2, 0.25) is 0 Å². The first-order valence-electron chi connectivity index (χ1n) is 15.6. The lowest BCUT2D eigenvalue weighted by Gasteiger charge is -2.24. The molecule has 6 aromatic carbocycles. The van der Waals surface area contributed by atoms with Crippen LogP contribution in [0.1, 0.15) is 38.9 Å². The SMILES string of the molecule is Cc1cccc(N(C=C(c2ccc(F)cc2)c2ccc(F)cc2)c2ccc(/C=C/C=C(c3ccccc3)c3ccccc3)c(C)c2)c1. The molecule has 0 N–H and O–H groups in total. The van der Waals surface area contributed by atoms with Crippen LogP contribution in [-0.4, -0.2) is 0 Å². The molecule has 0 radical (unpaired) electrons. The van der Waals surface area contributed by atoms with Crippen LogP contribution in [0.25, 0.3) is 17.2 Å². The van der Waals surface area contributed by atoms with Crippen LogP contribution in [0.5, 0.6) is 0 Å². The van der Waals surface area contributed by atoms with Gasteiger partial charge >= 0.3 is 0 Å². The molecule has 0 fully saturated rings. The Hall–Kier alpha value is -5.80. The zero-order chi connectivity index (χ0) is 32.6. The van der Waals surface area contributed by atoms with Crippen LogP contribution in [0, 0.1) is 25.5 Å². The molecule has 230 valence electrons. The molecule has 0 saturated heterocycles. The fourth-order valence-corrected chi connectivity index (χ4v) is 5.62. The molecule has 3 heteroatoms. The van der Waals surface area contributed by atoms with Gasteiger partial charge in [-0.1, -0.05) is 121 Å². The zero-order valence-corrected chi connectivity index (χ0v) is 26.4. The van der Waals surface area contributed by atoms with Gasteiger partial charge in [-0.05, 0) is 107 Å². The van der Waals surface area contributed by atoms with E-state index in [1.54, 1.807) is 24.3 Å². The molecule has 0 amide bonds. The van der Waals surface area contributed by atoms with Crippen LogP contribution >= 0.6 is 0 Å². The second kappa shape index (κ2) is 14.5. The Morgan fingerprint density at radius 3 is 1.57 bits per heavy atom. The summed E-state index contributed by atoms with van der Waals surface area (Å²) in [6, 6.07) is 48.4. The van der Waals surface area contributed by atoms with Gasteiger partial charge in [0.05, 0.1) is 0 Å². The summed E-state index contributed by atoms with van der Waals surface area (Å²) in [5.74, 6) is -0.618. The monoisotopic (exact) mass is 615 g/mol. The molecule has 0 aliphatic carbocycles. The van der Waals surface area contributed by atoms with Crippen molar-refractivity contribution < 1.29 is 8.78 Å². The van der Waals surface area contributed by atoms with Crippen molar-refractivity contribution in [2.75, 3.05) is 4.90 Å². The van der Waals surface area contributed by atoms with Crippen molar-refractivity contribution in [1.29, 1.82) is 0 Å². The molecular formula is C44H35F2N. The van der Waals surface area contributed by atoms with E-state index in [0.29, 0.717) is 0 Å². The quantitative estimate of drug-likeness (QED) is 0.146. The Morgan fingerprint density at radius 1 is 0.511 bits per heavy atom. The van der Waals surface area contributed by atoms with Crippen molar-refractivity contribution in [3.8, 4) is 0 Å². The topological polar surface area (TPSA) is 3.24 Å². The lowest BCUT2D eigenvalue weighted by atomic mass is 9.97. The number of hydrogen-bond donors (Lipinski definition) is 0. The van der Waals surface area contributed by atoms with Crippen molar-refractivity contribution >= 4 is 28.6 Å². The fraction of sp³-hybridized carbons (Fsp3) is 0.0455. The number of nitrogens with zero attached hydrogens (tertiary/aromatic N) is 1. The van der Waals surface area contributed by atoms with Gasteiger partial charge in [0.2, 0.25) is 0 Å². The molecule has 6 aromatic rings. The van der Waals surface area contributed by atoms with E-state index in [1.807, 2.05) is 24.4 Å². The molecule has 0 unspecified atom stereocenters. The van der Waals surface area contributed by atoms with Gasteiger partial charge in [0.1, 0.15) is 11.6 Å². The zero-order valence-electron chi connectivity index (χ0n) is 26.4.